The smallest absolute Gasteiger partial charge is 0.317 e. The van der Waals surface area contributed by atoms with E-state index in [9.17, 15) is 4.79 Å². The van der Waals surface area contributed by atoms with Crippen LogP contribution in [-0.4, -0.2) is 73.7 Å². The van der Waals surface area contributed by atoms with Crippen molar-refractivity contribution in [2.75, 3.05) is 37.7 Å². The van der Waals surface area contributed by atoms with Crippen LogP contribution < -0.4 is 9.64 Å². The molecule has 1 aliphatic carbocycles. The molecule has 1 amide bonds. The summed E-state index contributed by atoms with van der Waals surface area (Å²) in [6, 6.07) is 3.93. The summed E-state index contributed by atoms with van der Waals surface area (Å²) in [5, 5.41) is 3.98. The minimum absolute atomic E-state index is 0.0523. The predicted octanol–water partition coefficient (Wildman–Crippen LogP) is 4.78. The molecule has 1 saturated carbocycles. The van der Waals surface area contributed by atoms with Gasteiger partial charge in [-0.2, -0.15) is 9.97 Å². The Morgan fingerprint density at radius 2 is 1.65 bits per heavy atom. The van der Waals surface area contributed by atoms with Crippen molar-refractivity contribution in [3.8, 4) is 17.5 Å². The molecule has 4 heterocycles. The Kier molecular flexibility index (Phi) is 9.32. The molecule has 1 saturated heterocycles. The second-order valence-corrected chi connectivity index (χ2v) is 12.8. The Hall–Kier alpha value is -3.63. The monoisotopic (exact) mass is 550 g/mol. The molecule has 2 aliphatic rings. The summed E-state index contributed by atoms with van der Waals surface area (Å²) in [5.74, 6) is 2.65. The zero-order valence-corrected chi connectivity index (χ0v) is 24.6. The van der Waals surface area contributed by atoms with Crippen molar-refractivity contribution >= 4 is 11.9 Å². The van der Waals surface area contributed by atoms with Crippen LogP contribution in [0.2, 0.25) is 0 Å². The Balaban J connectivity index is 0.000000186. The maximum Gasteiger partial charge on any atom is 0.317 e. The summed E-state index contributed by atoms with van der Waals surface area (Å²) in [6.45, 7) is 16.5. The van der Waals surface area contributed by atoms with Gasteiger partial charge in [0.1, 0.15) is 5.69 Å². The van der Waals surface area contributed by atoms with E-state index in [0.717, 1.165) is 51.4 Å². The Morgan fingerprint density at radius 3 is 2.27 bits per heavy atom. The lowest BCUT2D eigenvalue weighted by atomic mass is 9.91. The highest BCUT2D eigenvalue weighted by Gasteiger charge is 2.30. The maximum atomic E-state index is 12.1. The summed E-state index contributed by atoms with van der Waals surface area (Å²) in [7, 11) is 0. The minimum Gasteiger partial charge on any atom is -0.463 e. The SMILES string of the molecule is CC(C)(C)CC(=O)N1CCN(c2ncccn2)CC1.CC(C)(C)CCOc1nccc(-c2noc(C3CC3)n2)n1. The molecule has 0 aromatic carbocycles. The van der Waals surface area contributed by atoms with Crippen LogP contribution >= 0.6 is 0 Å². The summed E-state index contributed by atoms with van der Waals surface area (Å²) in [5.41, 5.74) is 0.910. The van der Waals surface area contributed by atoms with Gasteiger partial charge in [0.2, 0.25) is 23.6 Å². The van der Waals surface area contributed by atoms with Crippen molar-refractivity contribution in [2.45, 2.75) is 73.1 Å². The van der Waals surface area contributed by atoms with Gasteiger partial charge in [0.25, 0.3) is 0 Å². The highest BCUT2D eigenvalue weighted by atomic mass is 16.5. The van der Waals surface area contributed by atoms with Crippen molar-refractivity contribution in [3.63, 3.8) is 0 Å². The molecule has 1 aliphatic heterocycles. The van der Waals surface area contributed by atoms with E-state index < -0.39 is 0 Å². The molecule has 3 aromatic rings. The van der Waals surface area contributed by atoms with E-state index in [4.69, 9.17) is 9.26 Å². The van der Waals surface area contributed by atoms with E-state index in [2.05, 4.69) is 76.5 Å². The molecule has 40 heavy (non-hydrogen) atoms. The topological polar surface area (TPSA) is 123 Å². The zero-order chi connectivity index (χ0) is 28.8. The second-order valence-electron chi connectivity index (χ2n) is 12.8. The molecule has 216 valence electrons. The maximum absolute atomic E-state index is 12.1. The van der Waals surface area contributed by atoms with Crippen molar-refractivity contribution < 1.29 is 14.1 Å². The molecule has 0 spiro atoms. The fraction of sp³-hybridized carbons (Fsp3) is 0.621. The standard InChI is InChI=1S/C15H20N4O2.C14H22N4O/c1-15(2,3)7-9-20-14-16-8-6-11(17-14)12-18-13(21-19-12)10-4-5-10;1-14(2,3)11-12(19)17-7-9-18(10-8-17)13-15-5-4-6-16-13/h6,8,10H,4-5,7,9H2,1-3H3;4-6H,7-11H2,1-3H3. The van der Waals surface area contributed by atoms with Crippen molar-refractivity contribution in [1.82, 2.24) is 35.0 Å². The predicted molar refractivity (Wildman–Crippen MR) is 152 cm³/mol. The molecule has 11 heteroatoms. The van der Waals surface area contributed by atoms with E-state index in [-0.39, 0.29) is 16.7 Å². The van der Waals surface area contributed by atoms with E-state index in [1.165, 1.54) is 0 Å². The fourth-order valence-electron chi connectivity index (χ4n) is 3.99. The second kappa shape index (κ2) is 12.7. The van der Waals surface area contributed by atoms with Gasteiger partial charge < -0.3 is 19.1 Å². The van der Waals surface area contributed by atoms with E-state index in [1.807, 2.05) is 11.0 Å². The number of rotatable bonds is 7. The van der Waals surface area contributed by atoms with Crippen LogP contribution in [0.4, 0.5) is 5.95 Å². The first kappa shape index (κ1) is 29.4. The van der Waals surface area contributed by atoms with E-state index in [0.29, 0.717) is 42.4 Å². The zero-order valence-electron chi connectivity index (χ0n) is 24.6. The molecule has 5 rings (SSSR count). The van der Waals surface area contributed by atoms with Crippen molar-refractivity contribution in [2.24, 2.45) is 10.8 Å². The fourth-order valence-corrected chi connectivity index (χ4v) is 3.99. The first-order valence-corrected chi connectivity index (χ1v) is 14.1. The highest BCUT2D eigenvalue weighted by molar-refractivity contribution is 5.77. The number of piperazine rings is 1. The number of ether oxygens (including phenoxy) is 1. The summed E-state index contributed by atoms with van der Waals surface area (Å²) in [6.07, 6.45) is 8.96. The first-order valence-electron chi connectivity index (χ1n) is 14.1. The number of hydrogen-bond acceptors (Lipinski definition) is 10. The van der Waals surface area contributed by atoms with Gasteiger partial charge in [-0.05, 0) is 42.2 Å². The number of nitrogens with zero attached hydrogens (tertiary/aromatic N) is 8. The van der Waals surface area contributed by atoms with E-state index in [1.54, 1.807) is 24.7 Å². The van der Waals surface area contributed by atoms with Gasteiger partial charge in [-0.3, -0.25) is 4.79 Å². The van der Waals surface area contributed by atoms with Crippen LogP contribution in [0.1, 0.15) is 79.0 Å². The number of aromatic nitrogens is 6. The van der Waals surface area contributed by atoms with Crippen LogP contribution in [0, 0.1) is 10.8 Å². The van der Waals surface area contributed by atoms with Gasteiger partial charge in [0, 0.05) is 57.1 Å². The molecular weight excluding hydrogens is 508 g/mol. The normalized spacial score (nSPS) is 15.8. The lowest BCUT2D eigenvalue weighted by Gasteiger charge is -2.35. The summed E-state index contributed by atoms with van der Waals surface area (Å²) in [4.78, 5) is 37.5. The van der Waals surface area contributed by atoms with Gasteiger partial charge in [0.15, 0.2) is 0 Å². The Bertz CT molecular complexity index is 1220. The van der Waals surface area contributed by atoms with Gasteiger partial charge in [-0.15, -0.1) is 0 Å². The lowest BCUT2D eigenvalue weighted by molar-refractivity contribution is -0.133. The van der Waals surface area contributed by atoms with Crippen molar-refractivity contribution in [3.05, 3.63) is 36.6 Å². The van der Waals surface area contributed by atoms with Gasteiger partial charge in [-0.1, -0.05) is 46.7 Å². The molecule has 0 N–H and O–H groups in total. The molecule has 11 nitrogen and oxygen atoms in total. The first-order chi connectivity index (χ1) is 19.0. The number of hydrogen-bond donors (Lipinski definition) is 0. The molecule has 2 fully saturated rings. The number of anilines is 1. The van der Waals surface area contributed by atoms with Crippen LogP contribution in [0.5, 0.6) is 6.01 Å². The Morgan fingerprint density at radius 1 is 0.950 bits per heavy atom. The highest BCUT2D eigenvalue weighted by Crippen LogP contribution is 2.39. The molecule has 0 unspecified atom stereocenters. The quantitative estimate of drug-likeness (QED) is 0.406. The molecule has 0 bridgehead atoms. The van der Waals surface area contributed by atoms with Crippen LogP contribution in [0.25, 0.3) is 11.5 Å². The molecular formula is C29H42N8O3. The lowest BCUT2D eigenvalue weighted by Crippen LogP contribution is -2.49. The van der Waals surface area contributed by atoms with Crippen LogP contribution in [0.15, 0.2) is 35.2 Å². The third-order valence-electron chi connectivity index (χ3n) is 6.46. The third kappa shape index (κ3) is 9.24. The van der Waals surface area contributed by atoms with Crippen LogP contribution in [0.3, 0.4) is 0 Å². The molecule has 3 aromatic heterocycles. The third-order valence-corrected chi connectivity index (χ3v) is 6.46. The molecule has 0 radical (unpaired) electrons. The Labute approximate surface area is 236 Å². The number of carbonyl (C=O) groups is 1. The van der Waals surface area contributed by atoms with E-state index >= 15 is 0 Å². The number of amides is 1. The summed E-state index contributed by atoms with van der Waals surface area (Å²) >= 11 is 0. The van der Waals surface area contributed by atoms with Crippen LogP contribution in [-0.2, 0) is 4.79 Å². The van der Waals surface area contributed by atoms with Gasteiger partial charge >= 0.3 is 6.01 Å². The number of carbonyl (C=O) groups excluding carboxylic acids is 1. The average molecular weight is 551 g/mol. The van der Waals surface area contributed by atoms with Gasteiger partial charge in [-0.25, -0.2) is 15.0 Å². The minimum atomic E-state index is 0.0523. The largest absolute Gasteiger partial charge is 0.463 e. The average Bonchev–Trinajstić information content (AvgIpc) is 3.64. The molecule has 0 atom stereocenters. The van der Waals surface area contributed by atoms with Gasteiger partial charge in [0.05, 0.1) is 6.61 Å². The van der Waals surface area contributed by atoms with Crippen molar-refractivity contribution in [1.29, 1.82) is 0 Å². The summed E-state index contributed by atoms with van der Waals surface area (Å²) < 4.78 is 10.8.